The molecule has 3 nitrogen and oxygen atoms in total. The highest BCUT2D eigenvalue weighted by Crippen LogP contribution is 2.41. The minimum absolute atomic E-state index is 0.0353. The predicted octanol–water partition coefficient (Wildman–Crippen LogP) is 4.68. The Bertz CT molecular complexity index is 595. The van der Waals surface area contributed by atoms with Crippen molar-refractivity contribution in [2.24, 2.45) is 0 Å². The Kier molecular flexibility index (Phi) is 4.02. The SMILES string of the molecule is CCOc1cc2c(cc1O[Si](C)(C)C(C)(C)C)C(=O)C=C2. The van der Waals surface area contributed by atoms with Gasteiger partial charge in [-0.2, -0.15) is 0 Å². The number of ketones is 1. The van der Waals surface area contributed by atoms with E-state index in [1.54, 1.807) is 6.08 Å². The number of hydrogen-bond acceptors (Lipinski definition) is 3. The molecule has 1 aliphatic rings. The van der Waals surface area contributed by atoms with E-state index in [1.165, 1.54) is 0 Å². The third kappa shape index (κ3) is 3.05. The first kappa shape index (κ1) is 15.8. The number of allylic oxidation sites excluding steroid dienone is 1. The zero-order chi connectivity index (χ0) is 15.8. The maximum Gasteiger partial charge on any atom is 0.250 e. The van der Waals surface area contributed by atoms with E-state index in [0.717, 1.165) is 11.3 Å². The third-order valence-electron chi connectivity index (χ3n) is 4.27. The molecule has 0 amide bonds. The first-order valence-corrected chi connectivity index (χ1v) is 10.3. The van der Waals surface area contributed by atoms with E-state index in [0.29, 0.717) is 17.9 Å². The molecule has 0 aliphatic heterocycles. The minimum Gasteiger partial charge on any atom is -0.541 e. The number of rotatable bonds is 4. The van der Waals surface area contributed by atoms with Gasteiger partial charge in [-0.05, 0) is 48.8 Å². The molecule has 114 valence electrons. The van der Waals surface area contributed by atoms with E-state index < -0.39 is 8.32 Å². The van der Waals surface area contributed by atoms with Crippen molar-refractivity contribution in [3.05, 3.63) is 29.3 Å². The molecular weight excluding hydrogens is 280 g/mol. The Morgan fingerprint density at radius 3 is 2.33 bits per heavy atom. The Labute approximate surface area is 128 Å². The highest BCUT2D eigenvalue weighted by molar-refractivity contribution is 6.74. The molecule has 0 saturated carbocycles. The van der Waals surface area contributed by atoms with Crippen LogP contribution >= 0.6 is 0 Å². The molecule has 0 saturated heterocycles. The van der Waals surface area contributed by atoms with Crippen LogP contribution in [-0.4, -0.2) is 20.7 Å². The molecule has 0 atom stereocenters. The lowest BCUT2D eigenvalue weighted by molar-refractivity contribution is 0.105. The zero-order valence-electron chi connectivity index (χ0n) is 13.7. The highest BCUT2D eigenvalue weighted by atomic mass is 28.4. The second-order valence-corrected chi connectivity index (χ2v) is 11.6. The van der Waals surface area contributed by atoms with Crippen LogP contribution in [0.4, 0.5) is 0 Å². The van der Waals surface area contributed by atoms with E-state index >= 15 is 0 Å². The van der Waals surface area contributed by atoms with E-state index in [9.17, 15) is 4.79 Å². The first-order valence-electron chi connectivity index (χ1n) is 7.38. The van der Waals surface area contributed by atoms with Crippen LogP contribution in [0.2, 0.25) is 18.1 Å². The van der Waals surface area contributed by atoms with Crippen molar-refractivity contribution in [3.63, 3.8) is 0 Å². The van der Waals surface area contributed by atoms with Gasteiger partial charge in [-0.3, -0.25) is 4.79 Å². The standard InChI is InChI=1S/C17H24O3Si/c1-7-19-15-10-12-8-9-14(18)13(12)11-16(15)20-21(5,6)17(2,3)4/h8-11H,7H2,1-6H3. The summed E-state index contributed by atoms with van der Waals surface area (Å²) in [5.41, 5.74) is 1.61. The van der Waals surface area contributed by atoms with Gasteiger partial charge in [0.1, 0.15) is 5.75 Å². The second-order valence-electron chi connectivity index (χ2n) is 6.88. The highest BCUT2D eigenvalue weighted by Gasteiger charge is 2.39. The lowest BCUT2D eigenvalue weighted by atomic mass is 10.1. The zero-order valence-corrected chi connectivity index (χ0v) is 14.7. The summed E-state index contributed by atoms with van der Waals surface area (Å²) < 4.78 is 12.1. The van der Waals surface area contributed by atoms with Crippen molar-refractivity contribution in [1.82, 2.24) is 0 Å². The second kappa shape index (κ2) is 5.33. The number of carbonyl (C=O) groups is 1. The third-order valence-corrected chi connectivity index (χ3v) is 8.61. The van der Waals surface area contributed by atoms with Gasteiger partial charge in [0.05, 0.1) is 6.61 Å². The fraction of sp³-hybridized carbons (Fsp3) is 0.471. The van der Waals surface area contributed by atoms with Crippen LogP contribution in [0.5, 0.6) is 11.5 Å². The Morgan fingerprint density at radius 1 is 1.10 bits per heavy atom. The van der Waals surface area contributed by atoms with Gasteiger partial charge in [-0.1, -0.05) is 26.8 Å². The van der Waals surface area contributed by atoms with Gasteiger partial charge in [0.15, 0.2) is 11.5 Å². The Hall–Kier alpha value is -1.55. The maximum absolute atomic E-state index is 11.9. The molecule has 4 heteroatoms. The summed E-state index contributed by atoms with van der Waals surface area (Å²) in [5.74, 6) is 1.45. The predicted molar refractivity (Wildman–Crippen MR) is 88.8 cm³/mol. The summed E-state index contributed by atoms with van der Waals surface area (Å²) in [6.45, 7) is 13.5. The van der Waals surface area contributed by atoms with Crippen molar-refractivity contribution >= 4 is 20.2 Å². The summed E-state index contributed by atoms with van der Waals surface area (Å²) in [6.07, 6.45) is 3.42. The number of ether oxygens (including phenoxy) is 1. The van der Waals surface area contributed by atoms with Crippen molar-refractivity contribution in [2.45, 2.75) is 45.8 Å². The largest absolute Gasteiger partial charge is 0.541 e. The summed E-state index contributed by atoms with van der Waals surface area (Å²) in [7, 11) is -1.97. The molecule has 0 N–H and O–H groups in total. The first-order chi connectivity index (χ1) is 9.65. The van der Waals surface area contributed by atoms with Crippen molar-refractivity contribution < 1.29 is 14.0 Å². The number of fused-ring (bicyclic) bond motifs is 1. The average molecular weight is 304 g/mol. The molecule has 0 unspecified atom stereocenters. The normalized spacial score (nSPS) is 14.3. The maximum atomic E-state index is 11.9. The fourth-order valence-electron chi connectivity index (χ4n) is 1.96. The summed E-state index contributed by atoms with van der Waals surface area (Å²) in [4.78, 5) is 11.9. The molecule has 0 spiro atoms. The van der Waals surface area contributed by atoms with E-state index in [-0.39, 0.29) is 10.8 Å². The molecular formula is C17H24O3Si. The number of carbonyl (C=O) groups excluding carboxylic acids is 1. The summed E-state index contributed by atoms with van der Waals surface area (Å²) >= 11 is 0. The number of benzene rings is 1. The molecule has 0 heterocycles. The molecule has 1 aliphatic carbocycles. The molecule has 21 heavy (non-hydrogen) atoms. The van der Waals surface area contributed by atoms with Crippen molar-refractivity contribution in [2.75, 3.05) is 6.61 Å². The smallest absolute Gasteiger partial charge is 0.250 e. The number of hydrogen-bond donors (Lipinski definition) is 0. The lowest BCUT2D eigenvalue weighted by Crippen LogP contribution is -2.44. The van der Waals surface area contributed by atoms with Gasteiger partial charge < -0.3 is 9.16 Å². The minimum atomic E-state index is -1.97. The van der Waals surface area contributed by atoms with Crippen LogP contribution in [0.15, 0.2) is 18.2 Å². The molecule has 0 radical (unpaired) electrons. The van der Waals surface area contributed by atoms with Crippen LogP contribution < -0.4 is 9.16 Å². The molecule has 0 fully saturated rings. The van der Waals surface area contributed by atoms with Crippen LogP contribution in [0.1, 0.15) is 43.6 Å². The molecule has 1 aromatic rings. The fourth-order valence-corrected chi connectivity index (χ4v) is 2.97. The van der Waals surface area contributed by atoms with Crippen LogP contribution in [0, 0.1) is 0 Å². The monoisotopic (exact) mass is 304 g/mol. The molecule has 0 bridgehead atoms. The van der Waals surface area contributed by atoms with Gasteiger partial charge in [-0.25, -0.2) is 0 Å². The van der Waals surface area contributed by atoms with Crippen molar-refractivity contribution in [3.8, 4) is 11.5 Å². The van der Waals surface area contributed by atoms with Gasteiger partial charge in [0, 0.05) is 5.56 Å². The van der Waals surface area contributed by atoms with E-state index in [2.05, 4.69) is 33.9 Å². The molecule has 1 aromatic carbocycles. The quantitative estimate of drug-likeness (QED) is 0.758. The van der Waals surface area contributed by atoms with Crippen LogP contribution in [-0.2, 0) is 0 Å². The average Bonchev–Trinajstić information content (AvgIpc) is 2.70. The van der Waals surface area contributed by atoms with Crippen molar-refractivity contribution in [1.29, 1.82) is 0 Å². The topological polar surface area (TPSA) is 35.5 Å². The van der Waals surface area contributed by atoms with Gasteiger partial charge in [0.25, 0.3) is 8.32 Å². The van der Waals surface area contributed by atoms with E-state index in [4.69, 9.17) is 9.16 Å². The van der Waals surface area contributed by atoms with Gasteiger partial charge >= 0.3 is 0 Å². The Morgan fingerprint density at radius 2 is 1.76 bits per heavy atom. The van der Waals surface area contributed by atoms with Gasteiger partial charge in [-0.15, -0.1) is 0 Å². The Balaban J connectivity index is 2.44. The summed E-state index contributed by atoms with van der Waals surface area (Å²) in [6, 6.07) is 3.74. The summed E-state index contributed by atoms with van der Waals surface area (Å²) in [5, 5.41) is 0.0950. The van der Waals surface area contributed by atoms with Gasteiger partial charge in [0.2, 0.25) is 0 Å². The lowest BCUT2D eigenvalue weighted by Gasteiger charge is -2.37. The van der Waals surface area contributed by atoms with E-state index in [1.807, 2.05) is 25.1 Å². The molecule has 2 rings (SSSR count). The molecule has 0 aromatic heterocycles. The van der Waals surface area contributed by atoms with Crippen LogP contribution in [0.25, 0.3) is 6.08 Å². The van der Waals surface area contributed by atoms with Crippen LogP contribution in [0.3, 0.4) is 0 Å².